The number of hydrogen-bond acceptors (Lipinski definition) is 3. The number of amides is 1. The molecule has 0 bridgehead atoms. The molecule has 4 nitrogen and oxygen atoms in total. The second kappa shape index (κ2) is 6.70. The summed E-state index contributed by atoms with van der Waals surface area (Å²) in [5.41, 5.74) is 0.885. The van der Waals surface area contributed by atoms with Gasteiger partial charge in [0.15, 0.2) is 0 Å². The van der Waals surface area contributed by atoms with Crippen LogP contribution < -0.4 is 10.6 Å². The number of carbonyl (C=O) groups is 1. The molecule has 1 amide bonds. The van der Waals surface area contributed by atoms with Crippen molar-refractivity contribution in [2.75, 3.05) is 18.5 Å². The minimum Gasteiger partial charge on any atom is -0.396 e. The zero-order valence-corrected chi connectivity index (χ0v) is 13.2. The number of aliphatic hydroxyl groups excluding tert-OH is 1. The van der Waals surface area contributed by atoms with E-state index in [2.05, 4.69) is 26.6 Å². The smallest absolute Gasteiger partial charge is 0.225 e. The van der Waals surface area contributed by atoms with Crippen LogP contribution >= 0.6 is 15.9 Å². The fourth-order valence-corrected chi connectivity index (χ4v) is 2.32. The molecule has 0 aromatic heterocycles. The zero-order chi connectivity index (χ0) is 14.6. The Morgan fingerprint density at radius 3 is 2.60 bits per heavy atom. The van der Waals surface area contributed by atoms with Gasteiger partial charge in [-0.2, -0.15) is 0 Å². The van der Waals surface area contributed by atoms with Crippen LogP contribution in [-0.4, -0.2) is 30.2 Å². The molecule has 1 aromatic carbocycles. The number of nitrogens with one attached hydrogen (secondary N) is 2. The fourth-order valence-electron chi connectivity index (χ4n) is 2.05. The first-order valence-electron chi connectivity index (χ1n) is 6.93. The van der Waals surface area contributed by atoms with Crippen LogP contribution in [0, 0.1) is 5.41 Å². The van der Waals surface area contributed by atoms with E-state index in [4.69, 9.17) is 0 Å². The normalized spacial score (nSPS) is 17.6. The second-order valence-corrected chi connectivity index (χ2v) is 6.61. The highest BCUT2D eigenvalue weighted by Gasteiger charge is 2.41. The lowest BCUT2D eigenvalue weighted by molar-refractivity contribution is -0.116. The lowest BCUT2D eigenvalue weighted by Gasteiger charge is -2.18. The van der Waals surface area contributed by atoms with Crippen LogP contribution in [-0.2, 0) is 4.79 Å². The fraction of sp³-hybridized carbons (Fsp3) is 0.533. The molecular formula is C15H21BrN2O2. The van der Waals surface area contributed by atoms with Crippen LogP contribution in [0.1, 0.15) is 26.2 Å². The van der Waals surface area contributed by atoms with Gasteiger partial charge in [-0.15, -0.1) is 0 Å². The quantitative estimate of drug-likeness (QED) is 0.714. The van der Waals surface area contributed by atoms with Crippen molar-refractivity contribution in [3.63, 3.8) is 0 Å². The number of halogens is 1. The van der Waals surface area contributed by atoms with Crippen molar-refractivity contribution in [2.45, 2.75) is 32.2 Å². The largest absolute Gasteiger partial charge is 0.396 e. The molecule has 1 unspecified atom stereocenters. The predicted molar refractivity (Wildman–Crippen MR) is 83.6 cm³/mol. The molecule has 20 heavy (non-hydrogen) atoms. The zero-order valence-electron chi connectivity index (χ0n) is 11.7. The van der Waals surface area contributed by atoms with Crippen molar-refractivity contribution in [1.82, 2.24) is 5.32 Å². The number of hydrogen-bond donors (Lipinski definition) is 3. The summed E-state index contributed by atoms with van der Waals surface area (Å²) < 4.78 is 0.990. The number of benzene rings is 1. The van der Waals surface area contributed by atoms with Crippen molar-refractivity contribution in [3.8, 4) is 0 Å². The number of carbonyl (C=O) groups excluding carboxylic acids is 1. The molecule has 0 saturated heterocycles. The standard InChI is InChI=1S/C15H21BrN2O2/c1-11(17-9-15(10-19)6-7-15)8-14(20)18-13-4-2-12(16)3-5-13/h2-5,11,17,19H,6-10H2,1H3,(H,18,20). The molecule has 2 rings (SSSR count). The van der Waals surface area contributed by atoms with Crippen LogP contribution in [0.15, 0.2) is 28.7 Å². The lowest BCUT2D eigenvalue weighted by atomic mass is 10.1. The van der Waals surface area contributed by atoms with Crippen LogP contribution in [0.25, 0.3) is 0 Å². The Bertz CT molecular complexity index is 457. The van der Waals surface area contributed by atoms with Crippen LogP contribution in [0.4, 0.5) is 5.69 Å². The number of rotatable bonds is 7. The van der Waals surface area contributed by atoms with Crippen molar-refractivity contribution in [2.24, 2.45) is 5.41 Å². The molecule has 1 fully saturated rings. The molecule has 1 aromatic rings. The maximum Gasteiger partial charge on any atom is 0.225 e. The highest BCUT2D eigenvalue weighted by atomic mass is 79.9. The van der Waals surface area contributed by atoms with Gasteiger partial charge in [0.1, 0.15) is 0 Å². The summed E-state index contributed by atoms with van der Waals surface area (Å²) in [5, 5.41) is 15.5. The molecule has 0 spiro atoms. The number of aliphatic hydroxyl groups is 1. The van der Waals surface area contributed by atoms with Gasteiger partial charge in [0, 0.05) is 41.2 Å². The molecule has 1 aliphatic rings. The second-order valence-electron chi connectivity index (χ2n) is 5.70. The average Bonchev–Trinajstić information content (AvgIpc) is 3.20. The van der Waals surface area contributed by atoms with Gasteiger partial charge in [0.05, 0.1) is 0 Å². The third-order valence-corrected chi connectivity index (χ3v) is 4.27. The summed E-state index contributed by atoms with van der Waals surface area (Å²) in [6.07, 6.45) is 2.58. The molecule has 5 heteroatoms. The van der Waals surface area contributed by atoms with E-state index in [0.29, 0.717) is 6.42 Å². The highest BCUT2D eigenvalue weighted by molar-refractivity contribution is 9.10. The van der Waals surface area contributed by atoms with Crippen LogP contribution in [0.5, 0.6) is 0 Å². The first-order valence-corrected chi connectivity index (χ1v) is 7.72. The summed E-state index contributed by atoms with van der Waals surface area (Å²) >= 11 is 3.36. The molecular weight excluding hydrogens is 320 g/mol. The van der Waals surface area contributed by atoms with Gasteiger partial charge >= 0.3 is 0 Å². The van der Waals surface area contributed by atoms with Gasteiger partial charge in [0.2, 0.25) is 5.91 Å². The van der Waals surface area contributed by atoms with E-state index in [0.717, 1.165) is 29.5 Å². The van der Waals surface area contributed by atoms with E-state index in [-0.39, 0.29) is 24.0 Å². The Hall–Kier alpha value is -0.910. The van der Waals surface area contributed by atoms with Gasteiger partial charge in [0.25, 0.3) is 0 Å². The van der Waals surface area contributed by atoms with E-state index in [1.54, 1.807) is 0 Å². The maximum atomic E-state index is 11.9. The van der Waals surface area contributed by atoms with E-state index in [1.807, 2.05) is 31.2 Å². The van der Waals surface area contributed by atoms with Gasteiger partial charge in [-0.1, -0.05) is 15.9 Å². The summed E-state index contributed by atoms with van der Waals surface area (Å²) in [6.45, 7) is 3.02. The molecule has 1 saturated carbocycles. The maximum absolute atomic E-state index is 11.9. The SMILES string of the molecule is CC(CC(=O)Nc1ccc(Br)cc1)NCC1(CO)CC1. The molecule has 0 aliphatic heterocycles. The van der Waals surface area contributed by atoms with E-state index in [1.165, 1.54) is 0 Å². The van der Waals surface area contributed by atoms with E-state index >= 15 is 0 Å². The molecule has 1 atom stereocenters. The highest BCUT2D eigenvalue weighted by Crippen LogP contribution is 2.44. The molecule has 3 N–H and O–H groups in total. The van der Waals surface area contributed by atoms with Gasteiger partial charge < -0.3 is 15.7 Å². The summed E-state index contributed by atoms with van der Waals surface area (Å²) in [4.78, 5) is 11.9. The van der Waals surface area contributed by atoms with Gasteiger partial charge in [-0.3, -0.25) is 4.79 Å². The van der Waals surface area contributed by atoms with Gasteiger partial charge in [-0.25, -0.2) is 0 Å². The van der Waals surface area contributed by atoms with Crippen molar-refractivity contribution >= 4 is 27.5 Å². The first-order chi connectivity index (χ1) is 9.53. The summed E-state index contributed by atoms with van der Waals surface area (Å²) in [7, 11) is 0. The third kappa shape index (κ3) is 4.58. The predicted octanol–water partition coefficient (Wildman–Crippen LogP) is 2.53. The third-order valence-electron chi connectivity index (χ3n) is 3.74. The van der Waals surface area contributed by atoms with Crippen molar-refractivity contribution < 1.29 is 9.90 Å². The molecule has 110 valence electrons. The Morgan fingerprint density at radius 1 is 1.40 bits per heavy atom. The Morgan fingerprint density at radius 2 is 2.05 bits per heavy atom. The minimum absolute atomic E-state index is 0.00108. The Balaban J connectivity index is 1.72. The minimum atomic E-state index is 0.00108. The van der Waals surface area contributed by atoms with Crippen LogP contribution in [0.3, 0.4) is 0 Å². The Labute approximate surface area is 128 Å². The average molecular weight is 341 g/mol. The topological polar surface area (TPSA) is 61.4 Å². The first kappa shape index (κ1) is 15.5. The van der Waals surface area contributed by atoms with Crippen LogP contribution in [0.2, 0.25) is 0 Å². The van der Waals surface area contributed by atoms with Gasteiger partial charge in [-0.05, 0) is 44.0 Å². The number of anilines is 1. The lowest BCUT2D eigenvalue weighted by Crippen LogP contribution is -2.36. The van der Waals surface area contributed by atoms with E-state index < -0.39 is 0 Å². The molecule has 0 heterocycles. The molecule has 0 radical (unpaired) electrons. The Kier molecular flexibility index (Phi) is 5.18. The van der Waals surface area contributed by atoms with E-state index in [9.17, 15) is 9.90 Å². The molecule has 1 aliphatic carbocycles. The van der Waals surface area contributed by atoms with Crippen molar-refractivity contribution in [1.29, 1.82) is 0 Å². The van der Waals surface area contributed by atoms with Crippen molar-refractivity contribution in [3.05, 3.63) is 28.7 Å². The monoisotopic (exact) mass is 340 g/mol. The summed E-state index contributed by atoms with van der Waals surface area (Å²) in [5.74, 6) is 0.00108. The summed E-state index contributed by atoms with van der Waals surface area (Å²) in [6, 6.07) is 7.63.